The van der Waals surface area contributed by atoms with Gasteiger partial charge in [-0.3, -0.25) is 0 Å². The van der Waals surface area contributed by atoms with Crippen molar-refractivity contribution in [2.24, 2.45) is 0 Å². The molecule has 1 saturated heterocycles. The first-order chi connectivity index (χ1) is 11.6. The predicted molar refractivity (Wildman–Crippen MR) is 94.8 cm³/mol. The standard InChI is InChI=1S/C16H16N4O2S2/c21-24(22,14-6-7-15-16(12-14)18-23-17-15)20-10-8-19(9-11-20)13-4-2-1-3-5-13/h1-7,12H,8-11H2. The minimum absolute atomic E-state index is 0.288. The van der Waals surface area contributed by atoms with E-state index in [4.69, 9.17) is 0 Å². The fraction of sp³-hybridized carbons (Fsp3) is 0.250. The minimum atomic E-state index is -3.49. The van der Waals surface area contributed by atoms with Gasteiger partial charge in [0.1, 0.15) is 11.0 Å². The highest BCUT2D eigenvalue weighted by Crippen LogP contribution is 2.23. The van der Waals surface area contributed by atoms with Gasteiger partial charge in [-0.1, -0.05) is 18.2 Å². The normalized spacial score (nSPS) is 16.6. The Hall–Kier alpha value is -2.03. The van der Waals surface area contributed by atoms with E-state index in [1.165, 1.54) is 0 Å². The van der Waals surface area contributed by atoms with Crippen molar-refractivity contribution in [3.8, 4) is 0 Å². The molecule has 0 spiro atoms. The summed E-state index contributed by atoms with van der Waals surface area (Å²) in [4.78, 5) is 2.50. The third-order valence-electron chi connectivity index (χ3n) is 4.22. The topological polar surface area (TPSA) is 66.4 Å². The summed E-state index contributed by atoms with van der Waals surface area (Å²) in [5.74, 6) is 0. The Labute approximate surface area is 144 Å². The number of piperazine rings is 1. The van der Waals surface area contributed by atoms with E-state index in [2.05, 4.69) is 13.6 Å². The van der Waals surface area contributed by atoms with Crippen LogP contribution in [0.3, 0.4) is 0 Å². The Balaban J connectivity index is 1.53. The van der Waals surface area contributed by atoms with Crippen LogP contribution < -0.4 is 4.90 Å². The molecule has 1 aliphatic rings. The van der Waals surface area contributed by atoms with Crippen LogP contribution in [-0.4, -0.2) is 47.6 Å². The molecular weight excluding hydrogens is 344 g/mol. The van der Waals surface area contributed by atoms with E-state index < -0.39 is 10.0 Å². The Bertz CT molecular complexity index is 948. The van der Waals surface area contributed by atoms with Gasteiger partial charge in [0.2, 0.25) is 10.0 Å². The van der Waals surface area contributed by atoms with E-state index >= 15 is 0 Å². The smallest absolute Gasteiger partial charge is 0.243 e. The number of aromatic nitrogens is 2. The maximum Gasteiger partial charge on any atom is 0.243 e. The number of benzene rings is 2. The van der Waals surface area contributed by atoms with Gasteiger partial charge in [-0.15, -0.1) is 0 Å². The molecule has 0 unspecified atom stereocenters. The first kappa shape index (κ1) is 15.5. The first-order valence-corrected chi connectivity index (χ1v) is 9.84. The second kappa shape index (κ2) is 6.12. The van der Waals surface area contributed by atoms with Crippen molar-refractivity contribution in [1.82, 2.24) is 13.1 Å². The zero-order valence-corrected chi connectivity index (χ0v) is 14.5. The summed E-state index contributed by atoms with van der Waals surface area (Å²) >= 11 is 1.09. The molecule has 2 heterocycles. The molecule has 0 aliphatic carbocycles. The van der Waals surface area contributed by atoms with Crippen molar-refractivity contribution in [2.45, 2.75) is 4.90 Å². The van der Waals surface area contributed by atoms with Crippen LogP contribution in [0.5, 0.6) is 0 Å². The number of hydrogen-bond acceptors (Lipinski definition) is 6. The van der Waals surface area contributed by atoms with Crippen LogP contribution in [0.15, 0.2) is 53.4 Å². The van der Waals surface area contributed by atoms with E-state index in [9.17, 15) is 8.42 Å². The van der Waals surface area contributed by atoms with Crippen molar-refractivity contribution in [1.29, 1.82) is 0 Å². The highest BCUT2D eigenvalue weighted by Gasteiger charge is 2.28. The molecule has 0 bridgehead atoms. The maximum atomic E-state index is 12.9. The lowest BCUT2D eigenvalue weighted by Gasteiger charge is -2.35. The Morgan fingerprint density at radius 2 is 1.58 bits per heavy atom. The summed E-state index contributed by atoms with van der Waals surface area (Å²) in [7, 11) is -3.49. The SMILES string of the molecule is O=S(=O)(c1ccc2nsnc2c1)N1CCN(c2ccccc2)CC1. The molecule has 0 radical (unpaired) electrons. The Morgan fingerprint density at radius 1 is 0.875 bits per heavy atom. The number of hydrogen-bond donors (Lipinski definition) is 0. The molecule has 8 heteroatoms. The molecule has 6 nitrogen and oxygen atoms in total. The molecule has 124 valence electrons. The van der Waals surface area contributed by atoms with Crippen LogP contribution >= 0.6 is 11.7 Å². The first-order valence-electron chi connectivity index (χ1n) is 7.67. The summed E-state index contributed by atoms with van der Waals surface area (Å²) in [6.45, 7) is 2.32. The highest BCUT2D eigenvalue weighted by molar-refractivity contribution is 7.89. The van der Waals surface area contributed by atoms with Gasteiger partial charge in [0.05, 0.1) is 16.6 Å². The van der Waals surface area contributed by atoms with Crippen LogP contribution in [-0.2, 0) is 10.0 Å². The molecule has 1 aromatic heterocycles. The quantitative estimate of drug-likeness (QED) is 0.716. The number of rotatable bonds is 3. The molecule has 2 aromatic carbocycles. The summed E-state index contributed by atoms with van der Waals surface area (Å²) in [5, 5.41) is 0. The van der Waals surface area contributed by atoms with Gasteiger partial charge in [0.25, 0.3) is 0 Å². The largest absolute Gasteiger partial charge is 0.369 e. The van der Waals surface area contributed by atoms with Crippen molar-refractivity contribution >= 4 is 38.5 Å². The predicted octanol–water partition coefficient (Wildman–Crippen LogP) is 2.20. The number of anilines is 1. The Morgan fingerprint density at radius 3 is 2.33 bits per heavy atom. The van der Waals surface area contributed by atoms with Gasteiger partial charge in [0.15, 0.2) is 0 Å². The van der Waals surface area contributed by atoms with E-state index in [0.29, 0.717) is 31.7 Å². The highest BCUT2D eigenvalue weighted by atomic mass is 32.2. The van der Waals surface area contributed by atoms with Gasteiger partial charge in [-0.2, -0.15) is 13.1 Å². The van der Waals surface area contributed by atoms with Gasteiger partial charge in [0, 0.05) is 31.9 Å². The summed E-state index contributed by atoms with van der Waals surface area (Å²) < 4.78 is 35.5. The van der Waals surface area contributed by atoms with Gasteiger partial charge in [-0.05, 0) is 30.3 Å². The van der Waals surface area contributed by atoms with Crippen LogP contribution in [0.25, 0.3) is 11.0 Å². The second-order valence-electron chi connectivity index (χ2n) is 5.64. The zero-order valence-electron chi connectivity index (χ0n) is 12.9. The van der Waals surface area contributed by atoms with Crippen molar-refractivity contribution in [3.05, 3.63) is 48.5 Å². The molecule has 1 fully saturated rings. The monoisotopic (exact) mass is 360 g/mol. The zero-order chi connectivity index (χ0) is 16.6. The molecule has 0 amide bonds. The lowest BCUT2D eigenvalue weighted by atomic mass is 10.2. The Kier molecular flexibility index (Phi) is 3.95. The van der Waals surface area contributed by atoms with Crippen molar-refractivity contribution in [2.75, 3.05) is 31.1 Å². The molecule has 0 N–H and O–H groups in total. The van der Waals surface area contributed by atoms with Crippen LogP contribution in [0.2, 0.25) is 0 Å². The van der Waals surface area contributed by atoms with Crippen molar-refractivity contribution < 1.29 is 8.42 Å². The molecular formula is C16H16N4O2S2. The third-order valence-corrected chi connectivity index (χ3v) is 6.67. The molecule has 4 rings (SSSR count). The van der Waals surface area contributed by atoms with E-state index in [0.717, 1.165) is 22.9 Å². The molecule has 24 heavy (non-hydrogen) atoms. The summed E-state index contributed by atoms with van der Waals surface area (Å²) in [6, 6.07) is 15.0. The van der Waals surface area contributed by atoms with Crippen LogP contribution in [0, 0.1) is 0 Å². The second-order valence-corrected chi connectivity index (χ2v) is 8.11. The third kappa shape index (κ3) is 2.77. The van der Waals surface area contributed by atoms with Gasteiger partial charge >= 0.3 is 0 Å². The summed E-state index contributed by atoms with van der Waals surface area (Å²) in [5.41, 5.74) is 2.49. The van der Waals surface area contributed by atoms with Crippen LogP contribution in [0.4, 0.5) is 5.69 Å². The number of para-hydroxylation sites is 1. The minimum Gasteiger partial charge on any atom is -0.369 e. The molecule has 0 saturated carbocycles. The fourth-order valence-electron chi connectivity index (χ4n) is 2.90. The lowest BCUT2D eigenvalue weighted by Crippen LogP contribution is -2.48. The molecule has 0 atom stereocenters. The van der Waals surface area contributed by atoms with Gasteiger partial charge in [-0.25, -0.2) is 8.42 Å². The fourth-order valence-corrected chi connectivity index (χ4v) is 4.86. The van der Waals surface area contributed by atoms with Gasteiger partial charge < -0.3 is 4.90 Å². The van der Waals surface area contributed by atoms with E-state index in [1.54, 1.807) is 22.5 Å². The van der Waals surface area contributed by atoms with Crippen LogP contribution in [0.1, 0.15) is 0 Å². The lowest BCUT2D eigenvalue weighted by molar-refractivity contribution is 0.385. The van der Waals surface area contributed by atoms with E-state index in [1.807, 2.05) is 30.3 Å². The maximum absolute atomic E-state index is 12.9. The average molecular weight is 360 g/mol. The molecule has 3 aromatic rings. The average Bonchev–Trinajstić information content (AvgIpc) is 3.10. The number of fused-ring (bicyclic) bond motifs is 1. The molecule has 1 aliphatic heterocycles. The van der Waals surface area contributed by atoms with E-state index in [-0.39, 0.29) is 4.90 Å². The number of sulfonamides is 1. The number of nitrogens with zero attached hydrogens (tertiary/aromatic N) is 4. The summed E-state index contributed by atoms with van der Waals surface area (Å²) in [6.07, 6.45) is 0. The van der Waals surface area contributed by atoms with Crippen molar-refractivity contribution in [3.63, 3.8) is 0 Å².